The first-order valence-corrected chi connectivity index (χ1v) is 11.2. The molecule has 0 aliphatic carbocycles. The molecule has 0 N–H and O–H groups in total. The van der Waals surface area contributed by atoms with Gasteiger partial charge in [0.2, 0.25) is 5.69 Å². The molecule has 34 heavy (non-hydrogen) atoms. The highest BCUT2D eigenvalue weighted by atomic mass is 16.3. The smallest absolute Gasteiger partial charge is 0.216 e. The number of aromatic nitrogens is 1. The Morgan fingerprint density at radius 3 is 2.53 bits per heavy atom. The summed E-state index contributed by atoms with van der Waals surface area (Å²) in [5.41, 5.74) is 7.09. The van der Waals surface area contributed by atoms with Gasteiger partial charge in [-0.2, -0.15) is 4.57 Å². The Labute approximate surface area is 208 Å². The lowest BCUT2D eigenvalue weighted by Crippen LogP contribution is -2.37. The second kappa shape index (κ2) is 8.15. The average Bonchev–Trinajstić information content (AvgIpc) is 3.25. The van der Waals surface area contributed by atoms with E-state index in [1.54, 1.807) is 31.5 Å². The zero-order valence-electron chi connectivity index (χ0n) is 25.0. The quantitative estimate of drug-likeness (QED) is 0.200. The van der Waals surface area contributed by atoms with Crippen molar-refractivity contribution in [2.45, 2.75) is 40.4 Å². The van der Waals surface area contributed by atoms with Gasteiger partial charge in [0.1, 0.15) is 18.2 Å². The monoisotopic (exact) mass is 450 g/mol. The molecule has 0 spiro atoms. The van der Waals surface area contributed by atoms with E-state index in [9.17, 15) is 0 Å². The van der Waals surface area contributed by atoms with Gasteiger partial charge in [0.25, 0.3) is 0 Å². The number of hydrogen-bond donors (Lipinski definition) is 0. The van der Waals surface area contributed by atoms with Crippen molar-refractivity contribution in [2.24, 2.45) is 7.05 Å². The lowest BCUT2D eigenvalue weighted by Gasteiger charge is -2.15. The first-order valence-electron chi connectivity index (χ1n) is 13.7. The Kier molecular flexibility index (Phi) is 4.00. The minimum absolute atomic E-state index is 0.156. The summed E-state index contributed by atoms with van der Waals surface area (Å²) in [5.74, 6) is -1.88. The van der Waals surface area contributed by atoms with E-state index in [2.05, 4.69) is 4.85 Å². The molecule has 0 aliphatic heterocycles. The molecular weight excluding hydrogens is 416 g/mol. The van der Waals surface area contributed by atoms with Crippen LogP contribution in [0.5, 0.6) is 0 Å². The third-order valence-corrected chi connectivity index (χ3v) is 6.66. The van der Waals surface area contributed by atoms with Crippen LogP contribution in [0, 0.1) is 27.3 Å². The minimum atomic E-state index is -2.56. The normalized spacial score (nSPS) is 15.7. The van der Waals surface area contributed by atoms with E-state index in [0.717, 1.165) is 33.0 Å². The molecular formula is C31H29N2O+. The summed E-state index contributed by atoms with van der Waals surface area (Å²) in [6, 6.07) is 17.7. The summed E-state index contributed by atoms with van der Waals surface area (Å²) < 4.78 is 50.1. The van der Waals surface area contributed by atoms with Gasteiger partial charge in [0, 0.05) is 34.8 Å². The predicted molar refractivity (Wildman–Crippen MR) is 140 cm³/mol. The van der Waals surface area contributed by atoms with Crippen LogP contribution in [-0.2, 0) is 7.05 Å². The second-order valence-corrected chi connectivity index (χ2v) is 8.82. The van der Waals surface area contributed by atoms with Crippen LogP contribution in [0.25, 0.3) is 49.2 Å². The van der Waals surface area contributed by atoms with E-state index >= 15 is 0 Å². The number of pyridine rings is 1. The Bertz CT molecular complexity index is 1800. The molecule has 1 atom stereocenters. The van der Waals surface area contributed by atoms with Crippen LogP contribution in [0.2, 0.25) is 0 Å². The third-order valence-electron chi connectivity index (χ3n) is 6.66. The van der Waals surface area contributed by atoms with E-state index in [1.807, 2.05) is 55.5 Å². The molecule has 5 rings (SSSR count). The van der Waals surface area contributed by atoms with E-state index in [4.69, 9.17) is 17.8 Å². The molecule has 3 aromatic carbocycles. The van der Waals surface area contributed by atoms with Crippen molar-refractivity contribution in [3.63, 3.8) is 0 Å². The Hall–Kier alpha value is -3.90. The van der Waals surface area contributed by atoms with Gasteiger partial charge in [0.15, 0.2) is 11.4 Å². The van der Waals surface area contributed by atoms with E-state index in [1.165, 1.54) is 6.92 Å². The first kappa shape index (κ1) is 16.7. The van der Waals surface area contributed by atoms with E-state index < -0.39 is 12.7 Å². The Morgan fingerprint density at radius 1 is 1.06 bits per heavy atom. The van der Waals surface area contributed by atoms with E-state index in [-0.39, 0.29) is 6.04 Å². The molecule has 2 aromatic heterocycles. The summed E-state index contributed by atoms with van der Waals surface area (Å²) in [5, 5.41) is 1.74. The van der Waals surface area contributed by atoms with Crippen molar-refractivity contribution in [1.82, 2.24) is 0 Å². The van der Waals surface area contributed by atoms with Crippen molar-refractivity contribution in [2.75, 3.05) is 0 Å². The maximum atomic E-state index is 9.14. The highest BCUT2D eigenvalue weighted by Gasteiger charge is 2.25. The number of fused-ring (bicyclic) bond motifs is 3. The number of rotatable bonds is 3. The molecule has 168 valence electrons. The van der Waals surface area contributed by atoms with Gasteiger partial charge in [-0.1, -0.05) is 62.3 Å². The van der Waals surface area contributed by atoms with Gasteiger partial charge in [-0.15, -0.1) is 0 Å². The van der Waals surface area contributed by atoms with Crippen molar-refractivity contribution in [3.8, 4) is 22.4 Å². The average molecular weight is 451 g/mol. The molecule has 0 bridgehead atoms. The van der Waals surface area contributed by atoms with Crippen LogP contribution >= 0.6 is 0 Å². The molecule has 0 aliphatic rings. The predicted octanol–water partition coefficient (Wildman–Crippen LogP) is 8.34. The zero-order chi connectivity index (χ0) is 28.4. The number of nitrogens with zero attached hydrogens (tertiary/aromatic N) is 2. The van der Waals surface area contributed by atoms with Gasteiger partial charge in [0.05, 0.1) is 13.5 Å². The van der Waals surface area contributed by atoms with Crippen molar-refractivity contribution < 1.29 is 15.8 Å². The summed E-state index contributed by atoms with van der Waals surface area (Å²) in [4.78, 5) is 3.76. The van der Waals surface area contributed by atoms with Crippen LogP contribution in [0.3, 0.4) is 0 Å². The summed E-state index contributed by atoms with van der Waals surface area (Å²) in [6.45, 7) is 12.1. The fourth-order valence-electron chi connectivity index (χ4n) is 4.92. The van der Waals surface area contributed by atoms with Gasteiger partial charge in [-0.25, -0.2) is 4.85 Å². The molecule has 0 amide bonds. The van der Waals surface area contributed by atoms with Crippen molar-refractivity contribution >= 4 is 27.6 Å². The van der Waals surface area contributed by atoms with Crippen LogP contribution in [0.15, 0.2) is 65.1 Å². The molecule has 1 unspecified atom stereocenters. The number of aryl methyl sites for hydroxylation is 1. The maximum Gasteiger partial charge on any atom is 0.216 e. The van der Waals surface area contributed by atoms with Crippen LogP contribution in [-0.4, -0.2) is 0 Å². The molecule has 3 nitrogen and oxygen atoms in total. The Morgan fingerprint density at radius 2 is 1.82 bits per heavy atom. The lowest BCUT2D eigenvalue weighted by molar-refractivity contribution is -0.667. The topological polar surface area (TPSA) is 21.4 Å². The van der Waals surface area contributed by atoms with Crippen molar-refractivity contribution in [3.05, 3.63) is 94.4 Å². The molecule has 0 saturated carbocycles. The molecule has 5 aromatic rings. The third kappa shape index (κ3) is 3.30. The number of hydrogen-bond acceptors (Lipinski definition) is 1. The molecule has 0 saturated heterocycles. The lowest BCUT2D eigenvalue weighted by atomic mass is 9.93. The van der Waals surface area contributed by atoms with Gasteiger partial charge in [-0.3, -0.25) is 0 Å². The van der Waals surface area contributed by atoms with Gasteiger partial charge >= 0.3 is 0 Å². The summed E-state index contributed by atoms with van der Waals surface area (Å²) >= 11 is 0. The Balaban J connectivity index is 1.85. The standard InChI is InChI=1S/C31H29N2O/c1-18(2)29-20(4)15-27(33(7)21(29)5)30-19(3)13-14-23-25-16-24(22-11-9-8-10-12-22)26(32-6)17-28(25)34-31(23)30/h8-18H,1-5,7H3/q+1/i1D3,15D,18D. The minimum Gasteiger partial charge on any atom is -0.456 e. The molecule has 3 heteroatoms. The largest absolute Gasteiger partial charge is 0.456 e. The highest BCUT2D eigenvalue weighted by Crippen LogP contribution is 2.42. The molecule has 0 fully saturated rings. The van der Waals surface area contributed by atoms with Crippen LogP contribution < -0.4 is 4.57 Å². The second-order valence-electron chi connectivity index (χ2n) is 8.82. The summed E-state index contributed by atoms with van der Waals surface area (Å²) in [6.07, 6.45) is 0. The van der Waals surface area contributed by atoms with Gasteiger partial charge in [-0.05, 0) is 48.1 Å². The number of benzene rings is 3. The zero-order valence-corrected chi connectivity index (χ0v) is 20.0. The molecule has 2 heterocycles. The van der Waals surface area contributed by atoms with Gasteiger partial charge < -0.3 is 4.42 Å². The SMILES string of the molecule is [2H]c1c(C)c(C([2H])(C)C([2H])([2H])[2H])c(C)[n+](C)c1-c1c(C)ccc2c1oc1cc([N+]#[C-])c(-c3ccccc3)cc12. The van der Waals surface area contributed by atoms with Crippen LogP contribution in [0.1, 0.15) is 48.9 Å². The van der Waals surface area contributed by atoms with Crippen molar-refractivity contribution in [1.29, 1.82) is 0 Å². The van der Waals surface area contributed by atoms with Crippen LogP contribution in [0.4, 0.5) is 5.69 Å². The van der Waals surface area contributed by atoms with E-state index in [0.29, 0.717) is 39.4 Å². The fraction of sp³-hybridized carbons (Fsp3) is 0.226. The number of furan rings is 1. The molecule has 0 radical (unpaired) electrons. The first-order chi connectivity index (χ1) is 18.3. The maximum absolute atomic E-state index is 9.14. The fourth-order valence-corrected chi connectivity index (χ4v) is 4.92. The summed E-state index contributed by atoms with van der Waals surface area (Å²) in [7, 11) is 1.80. The highest BCUT2D eigenvalue weighted by molar-refractivity contribution is 6.12.